The summed E-state index contributed by atoms with van der Waals surface area (Å²) < 4.78 is 5.69. The van der Waals surface area contributed by atoms with Crippen molar-refractivity contribution >= 4 is 32.6 Å². The number of nitrogens with zero attached hydrogens (tertiary/aromatic N) is 3. The Kier molecular flexibility index (Phi) is 9.37. The molecule has 0 bridgehead atoms. The topological polar surface area (TPSA) is 51.8 Å². The zero-order chi connectivity index (χ0) is 32.7. The molecule has 0 amide bonds. The molecule has 8 rings (SSSR count). The first kappa shape index (κ1) is 33.0. The molecule has 0 saturated heterocycles. The Morgan fingerprint density at radius 1 is 0.625 bits per heavy atom. The maximum Gasteiger partial charge on any atom is 0.0847 e. The maximum absolute atomic E-state index is 5.69. The number of hydrogen-bond donors (Lipinski definition) is 0. The van der Waals surface area contributed by atoms with Crippen LogP contribution in [0.4, 0.5) is 0 Å². The summed E-state index contributed by atoms with van der Waals surface area (Å²) in [5, 5.41) is 4.44. The normalized spacial score (nSPS) is 11.0. The van der Waals surface area contributed by atoms with Crippen molar-refractivity contribution in [3.8, 4) is 33.6 Å². The Labute approximate surface area is 295 Å². The SMILES string of the molecule is Cc1c[c-]c(-c2cc(C)c(C)cn2)cc1C.Cc1cnc2c(c1)c(-c1cc(-c3cc(C)c4ccccc4c3)ccn1)[c-]c1ccoc12.[Ir]. The number of aromatic nitrogens is 3. The summed E-state index contributed by atoms with van der Waals surface area (Å²) in [4.78, 5) is 13.8. The third kappa shape index (κ3) is 6.44. The Morgan fingerprint density at radius 3 is 2.25 bits per heavy atom. The van der Waals surface area contributed by atoms with Crippen molar-refractivity contribution < 1.29 is 24.5 Å². The molecule has 0 fully saturated rings. The number of rotatable bonds is 3. The van der Waals surface area contributed by atoms with Gasteiger partial charge in [0.1, 0.15) is 0 Å². The molecule has 4 heterocycles. The molecule has 4 aromatic heterocycles. The van der Waals surface area contributed by atoms with Crippen LogP contribution >= 0.6 is 0 Å². The minimum absolute atomic E-state index is 0. The van der Waals surface area contributed by atoms with Crippen LogP contribution in [0.2, 0.25) is 0 Å². The van der Waals surface area contributed by atoms with Crippen LogP contribution in [0.15, 0.2) is 108 Å². The molecule has 0 N–H and O–H groups in total. The number of hydrogen-bond acceptors (Lipinski definition) is 4. The van der Waals surface area contributed by atoms with E-state index in [1.165, 1.54) is 44.2 Å². The van der Waals surface area contributed by atoms with Gasteiger partial charge in [-0.3, -0.25) is 9.97 Å². The van der Waals surface area contributed by atoms with Crippen LogP contribution in [0.3, 0.4) is 0 Å². The predicted octanol–water partition coefficient (Wildman–Crippen LogP) is 11.1. The second-order valence-corrected chi connectivity index (χ2v) is 12.4. The first-order chi connectivity index (χ1) is 22.7. The van der Waals surface area contributed by atoms with Crippen molar-refractivity contribution in [3.63, 3.8) is 0 Å². The Bertz CT molecular complexity index is 2390. The molecule has 0 saturated carbocycles. The van der Waals surface area contributed by atoms with Crippen molar-refractivity contribution in [1.29, 1.82) is 0 Å². The van der Waals surface area contributed by atoms with E-state index in [-0.39, 0.29) is 20.1 Å². The van der Waals surface area contributed by atoms with E-state index in [1.807, 2.05) is 37.6 Å². The number of benzene rings is 4. The molecular weight excluding hydrogens is 767 g/mol. The fourth-order valence-corrected chi connectivity index (χ4v) is 5.94. The van der Waals surface area contributed by atoms with Gasteiger partial charge in [-0.2, -0.15) is 0 Å². The molecule has 4 aromatic carbocycles. The molecule has 0 spiro atoms. The van der Waals surface area contributed by atoms with E-state index >= 15 is 0 Å². The quantitative estimate of drug-likeness (QED) is 0.167. The third-order valence-electron chi connectivity index (χ3n) is 8.93. The Morgan fingerprint density at radius 2 is 1.44 bits per heavy atom. The van der Waals surface area contributed by atoms with Gasteiger partial charge in [0, 0.05) is 56.2 Å². The first-order valence-electron chi connectivity index (χ1n) is 15.8. The monoisotopic (exact) mass is 802 g/mol. The van der Waals surface area contributed by atoms with Gasteiger partial charge in [-0.05, 0) is 84.1 Å². The maximum atomic E-state index is 5.69. The van der Waals surface area contributed by atoms with E-state index in [9.17, 15) is 0 Å². The molecule has 0 aliphatic carbocycles. The van der Waals surface area contributed by atoms with Crippen LogP contribution in [0, 0.1) is 53.7 Å². The smallest absolute Gasteiger partial charge is 0.0847 e. The zero-order valence-corrected chi connectivity index (χ0v) is 30.3. The van der Waals surface area contributed by atoms with E-state index in [1.54, 1.807) is 6.26 Å². The van der Waals surface area contributed by atoms with Gasteiger partial charge in [0.15, 0.2) is 0 Å². The number of pyridine rings is 3. The predicted molar refractivity (Wildman–Crippen MR) is 193 cm³/mol. The summed E-state index contributed by atoms with van der Waals surface area (Å²) in [6, 6.07) is 34.3. The summed E-state index contributed by atoms with van der Waals surface area (Å²) in [6.45, 7) is 12.6. The molecule has 0 aliphatic heterocycles. The molecule has 0 aliphatic rings. The molecule has 0 atom stereocenters. The zero-order valence-electron chi connectivity index (χ0n) is 27.9. The molecule has 8 aromatic rings. The number of furan rings is 1. The molecule has 48 heavy (non-hydrogen) atoms. The summed E-state index contributed by atoms with van der Waals surface area (Å²) in [7, 11) is 0. The van der Waals surface area contributed by atoms with Crippen LogP contribution < -0.4 is 0 Å². The summed E-state index contributed by atoms with van der Waals surface area (Å²) in [5.41, 5.74) is 15.2. The minimum atomic E-state index is 0. The summed E-state index contributed by atoms with van der Waals surface area (Å²) in [6.07, 6.45) is 7.36. The van der Waals surface area contributed by atoms with Crippen LogP contribution in [-0.2, 0) is 20.1 Å². The van der Waals surface area contributed by atoms with Crippen LogP contribution in [0.25, 0.3) is 66.3 Å². The van der Waals surface area contributed by atoms with Gasteiger partial charge in [-0.1, -0.05) is 90.3 Å². The fourth-order valence-electron chi connectivity index (χ4n) is 5.94. The van der Waals surface area contributed by atoms with Crippen LogP contribution in [-0.4, -0.2) is 15.0 Å². The van der Waals surface area contributed by atoms with Crippen LogP contribution in [0.1, 0.15) is 33.4 Å². The van der Waals surface area contributed by atoms with Crippen LogP contribution in [0.5, 0.6) is 0 Å². The number of fused-ring (bicyclic) bond motifs is 4. The van der Waals surface area contributed by atoms with Gasteiger partial charge in [0.05, 0.1) is 5.58 Å². The summed E-state index contributed by atoms with van der Waals surface area (Å²) >= 11 is 0. The van der Waals surface area contributed by atoms with Gasteiger partial charge in [-0.15, -0.1) is 41.0 Å². The van der Waals surface area contributed by atoms with Gasteiger partial charge in [0.2, 0.25) is 0 Å². The van der Waals surface area contributed by atoms with Crippen molar-refractivity contribution in [1.82, 2.24) is 15.0 Å². The van der Waals surface area contributed by atoms with Gasteiger partial charge >= 0.3 is 0 Å². The molecule has 5 heteroatoms. The van der Waals surface area contributed by atoms with E-state index in [0.717, 1.165) is 55.5 Å². The largest absolute Gasteiger partial charge is 0.506 e. The Hall–Kier alpha value is -4.96. The minimum Gasteiger partial charge on any atom is -0.506 e. The van der Waals surface area contributed by atoms with Crippen molar-refractivity contribution in [3.05, 3.63) is 149 Å². The second kappa shape index (κ2) is 13.6. The van der Waals surface area contributed by atoms with E-state index in [0.29, 0.717) is 0 Å². The summed E-state index contributed by atoms with van der Waals surface area (Å²) in [5.74, 6) is 0. The van der Waals surface area contributed by atoms with E-state index < -0.39 is 0 Å². The second-order valence-electron chi connectivity index (χ2n) is 12.4. The Balaban J connectivity index is 0.000000201. The standard InChI is InChI=1S/C28H19N2O.C15H16N.Ir/c1-17-11-25-24(14-21-8-10-31-28(21)27(25)30-16-17)26-15-19(7-9-29-26)22-12-18(2)23-6-4-3-5-20(23)13-22;1-10-5-6-14(7-11(10)2)15-8-12(3)13(4)9-16-15;/h3-13,15-16H,1-2H3;5,7-9H,1-4H3;/q2*-1;. The van der Waals surface area contributed by atoms with Gasteiger partial charge in [0.25, 0.3) is 0 Å². The number of aryl methyl sites for hydroxylation is 6. The molecule has 4 nitrogen and oxygen atoms in total. The molecule has 0 unspecified atom stereocenters. The van der Waals surface area contributed by atoms with Gasteiger partial charge < -0.3 is 9.40 Å². The molecular formula is C43H35IrN3O-2. The molecule has 239 valence electrons. The molecule has 1 radical (unpaired) electrons. The average molecular weight is 802 g/mol. The van der Waals surface area contributed by atoms with Gasteiger partial charge in [-0.25, -0.2) is 0 Å². The average Bonchev–Trinajstić information content (AvgIpc) is 3.56. The van der Waals surface area contributed by atoms with E-state index in [2.05, 4.69) is 123 Å². The van der Waals surface area contributed by atoms with Crippen molar-refractivity contribution in [2.24, 2.45) is 0 Å². The first-order valence-corrected chi connectivity index (χ1v) is 15.8. The third-order valence-corrected chi connectivity index (χ3v) is 8.93. The fraction of sp³-hybridized carbons (Fsp3) is 0.140. The van der Waals surface area contributed by atoms with Crippen molar-refractivity contribution in [2.45, 2.75) is 41.5 Å². The van der Waals surface area contributed by atoms with E-state index in [4.69, 9.17) is 9.40 Å². The van der Waals surface area contributed by atoms with Crippen molar-refractivity contribution in [2.75, 3.05) is 0 Å².